The van der Waals surface area contributed by atoms with Crippen LogP contribution in [-0.2, 0) is 23.4 Å². The van der Waals surface area contributed by atoms with Gasteiger partial charge in [0, 0.05) is 48.9 Å². The molecular formula is C28H33N7O2. The summed E-state index contributed by atoms with van der Waals surface area (Å²) in [5.74, 6) is 0.594. The van der Waals surface area contributed by atoms with Crippen LogP contribution in [0.3, 0.4) is 0 Å². The molecule has 37 heavy (non-hydrogen) atoms. The van der Waals surface area contributed by atoms with Gasteiger partial charge in [-0.3, -0.25) is 14.9 Å². The molecular weight excluding hydrogens is 466 g/mol. The molecule has 0 aromatic carbocycles. The summed E-state index contributed by atoms with van der Waals surface area (Å²) in [6, 6.07) is 11.7. The van der Waals surface area contributed by atoms with E-state index in [-0.39, 0.29) is 17.7 Å². The molecule has 4 aromatic heterocycles. The molecule has 0 spiro atoms. The molecule has 192 valence electrons. The summed E-state index contributed by atoms with van der Waals surface area (Å²) in [7, 11) is 0. The maximum absolute atomic E-state index is 13.0. The minimum atomic E-state index is -1.05. The number of amides is 1. The van der Waals surface area contributed by atoms with E-state index in [9.17, 15) is 9.90 Å². The average Bonchev–Trinajstić information content (AvgIpc) is 3.55. The first-order chi connectivity index (χ1) is 17.8. The van der Waals surface area contributed by atoms with Crippen LogP contribution in [0.25, 0.3) is 5.82 Å². The topological polar surface area (TPSA) is 122 Å². The number of aryl methyl sites for hydroxylation is 2. The molecule has 9 nitrogen and oxygen atoms in total. The Balaban J connectivity index is 1.20. The molecule has 0 unspecified atom stereocenters. The van der Waals surface area contributed by atoms with E-state index < -0.39 is 5.60 Å². The van der Waals surface area contributed by atoms with Crippen LogP contribution in [0.5, 0.6) is 0 Å². The third kappa shape index (κ3) is 5.61. The van der Waals surface area contributed by atoms with Crippen LogP contribution in [0.15, 0.2) is 55.0 Å². The molecule has 4 aromatic rings. The number of hydrogen-bond acceptors (Lipinski definition) is 6. The maximum atomic E-state index is 13.0. The first kappa shape index (κ1) is 24.8. The van der Waals surface area contributed by atoms with Gasteiger partial charge < -0.3 is 10.4 Å². The monoisotopic (exact) mass is 499 g/mol. The van der Waals surface area contributed by atoms with Gasteiger partial charge in [0.2, 0.25) is 5.91 Å². The van der Waals surface area contributed by atoms with Gasteiger partial charge in [0.15, 0.2) is 5.82 Å². The lowest BCUT2D eigenvalue weighted by molar-refractivity contribution is -0.131. The maximum Gasteiger partial charge on any atom is 0.223 e. The van der Waals surface area contributed by atoms with Crippen LogP contribution in [-0.4, -0.2) is 41.0 Å². The average molecular weight is 500 g/mol. The van der Waals surface area contributed by atoms with Gasteiger partial charge in [0.25, 0.3) is 0 Å². The van der Waals surface area contributed by atoms with Gasteiger partial charge in [-0.1, -0.05) is 13.0 Å². The van der Waals surface area contributed by atoms with Crippen molar-refractivity contribution in [2.45, 2.75) is 58.6 Å². The highest BCUT2D eigenvalue weighted by molar-refractivity contribution is 5.79. The lowest BCUT2D eigenvalue weighted by Crippen LogP contribution is -2.43. The van der Waals surface area contributed by atoms with Gasteiger partial charge in [-0.25, -0.2) is 9.67 Å². The van der Waals surface area contributed by atoms with Gasteiger partial charge in [0.05, 0.1) is 11.4 Å². The van der Waals surface area contributed by atoms with Crippen LogP contribution >= 0.6 is 0 Å². The fraction of sp³-hybridized carbons (Fsp3) is 0.393. The van der Waals surface area contributed by atoms with Gasteiger partial charge in [0.1, 0.15) is 5.60 Å². The van der Waals surface area contributed by atoms with Crippen LogP contribution < -0.4 is 5.32 Å². The molecule has 0 bridgehead atoms. The Labute approximate surface area is 216 Å². The summed E-state index contributed by atoms with van der Waals surface area (Å²) in [6.45, 7) is 6.44. The van der Waals surface area contributed by atoms with E-state index in [1.165, 1.54) is 0 Å². The first-order valence-electron chi connectivity index (χ1n) is 12.7. The van der Waals surface area contributed by atoms with E-state index in [4.69, 9.17) is 4.98 Å². The van der Waals surface area contributed by atoms with Crippen molar-refractivity contribution < 1.29 is 9.90 Å². The molecule has 4 heterocycles. The fourth-order valence-electron chi connectivity index (χ4n) is 5.28. The van der Waals surface area contributed by atoms with Crippen LogP contribution in [0.2, 0.25) is 0 Å². The molecule has 1 aliphatic rings. The Bertz CT molecular complexity index is 1360. The molecule has 0 radical (unpaired) electrons. The molecule has 5 rings (SSSR count). The van der Waals surface area contributed by atoms with E-state index >= 15 is 0 Å². The van der Waals surface area contributed by atoms with E-state index in [0.29, 0.717) is 37.9 Å². The van der Waals surface area contributed by atoms with Gasteiger partial charge >= 0.3 is 0 Å². The lowest BCUT2D eigenvalue weighted by Gasteiger charge is -2.39. The molecule has 1 aliphatic carbocycles. The number of carbonyl (C=O) groups excluding carboxylic acids is 1. The van der Waals surface area contributed by atoms with E-state index in [1.807, 2.05) is 63.4 Å². The van der Waals surface area contributed by atoms with Gasteiger partial charge in [-0.2, -0.15) is 10.2 Å². The number of aromatic amines is 1. The van der Waals surface area contributed by atoms with Crippen molar-refractivity contribution >= 4 is 5.91 Å². The number of H-pyrrole nitrogens is 1. The zero-order valence-electron chi connectivity index (χ0n) is 21.5. The van der Waals surface area contributed by atoms with Crippen molar-refractivity contribution in [3.05, 3.63) is 88.9 Å². The molecule has 9 heteroatoms. The normalized spacial score (nSPS) is 21.6. The number of aromatic nitrogens is 6. The van der Waals surface area contributed by atoms with Crippen molar-refractivity contribution in [2.24, 2.45) is 11.8 Å². The van der Waals surface area contributed by atoms with Crippen molar-refractivity contribution in [3.8, 4) is 5.82 Å². The standard InChI is InChI=1S/C28H33N7O2/c1-18-11-22(14-23-13-20(3)33-34-23)32-25(12-18)28(37)8-7-24(19(2)15-28)27(36)30-17-21-5-6-26(29-16-21)35-10-4-9-31-35/h4-6,9-13,16,19,24,37H,7-8,14-15,17H2,1-3H3,(H,30,36)(H,33,34)/t19-,24+,28-/m1/s1. The Kier molecular flexibility index (Phi) is 6.88. The predicted molar refractivity (Wildman–Crippen MR) is 139 cm³/mol. The number of carbonyl (C=O) groups is 1. The zero-order chi connectivity index (χ0) is 26.0. The molecule has 0 saturated heterocycles. The summed E-state index contributed by atoms with van der Waals surface area (Å²) in [5.41, 5.74) is 4.43. The Hall–Kier alpha value is -3.85. The first-order valence-corrected chi connectivity index (χ1v) is 12.7. The smallest absolute Gasteiger partial charge is 0.223 e. The fourth-order valence-corrected chi connectivity index (χ4v) is 5.28. The highest BCUT2D eigenvalue weighted by Gasteiger charge is 2.42. The third-order valence-electron chi connectivity index (χ3n) is 7.19. The second-order valence-electron chi connectivity index (χ2n) is 10.3. The highest BCUT2D eigenvalue weighted by atomic mass is 16.3. The number of pyridine rings is 2. The van der Waals surface area contributed by atoms with E-state index in [0.717, 1.165) is 34.0 Å². The minimum absolute atomic E-state index is 0.0116. The van der Waals surface area contributed by atoms with Crippen LogP contribution in [0.1, 0.15) is 60.1 Å². The summed E-state index contributed by atoms with van der Waals surface area (Å²) in [6.07, 6.45) is 7.48. The third-order valence-corrected chi connectivity index (χ3v) is 7.19. The largest absolute Gasteiger partial charge is 0.384 e. The lowest BCUT2D eigenvalue weighted by atomic mass is 9.70. The molecule has 0 aliphatic heterocycles. The second kappa shape index (κ2) is 10.3. The Morgan fingerprint density at radius 3 is 2.78 bits per heavy atom. The predicted octanol–water partition coefficient (Wildman–Crippen LogP) is 3.53. The summed E-state index contributed by atoms with van der Waals surface area (Å²) < 4.78 is 1.69. The number of hydrogen-bond donors (Lipinski definition) is 3. The van der Waals surface area contributed by atoms with Crippen LogP contribution in [0.4, 0.5) is 0 Å². The molecule has 1 amide bonds. The van der Waals surface area contributed by atoms with E-state index in [1.54, 1.807) is 17.1 Å². The molecule has 3 N–H and O–H groups in total. The quantitative estimate of drug-likeness (QED) is 0.358. The van der Waals surface area contributed by atoms with Crippen molar-refractivity contribution in [2.75, 3.05) is 0 Å². The molecule has 1 fully saturated rings. The summed E-state index contributed by atoms with van der Waals surface area (Å²) >= 11 is 0. The highest BCUT2D eigenvalue weighted by Crippen LogP contribution is 2.42. The zero-order valence-corrected chi connectivity index (χ0v) is 21.5. The number of rotatable bonds is 7. The number of nitrogens with zero attached hydrogens (tertiary/aromatic N) is 5. The van der Waals surface area contributed by atoms with Gasteiger partial charge in [-0.05, 0) is 80.5 Å². The van der Waals surface area contributed by atoms with Crippen molar-refractivity contribution in [1.29, 1.82) is 0 Å². The van der Waals surface area contributed by atoms with Gasteiger partial charge in [-0.15, -0.1) is 0 Å². The van der Waals surface area contributed by atoms with Crippen LogP contribution in [0, 0.1) is 25.7 Å². The number of nitrogens with one attached hydrogen (secondary N) is 2. The molecule has 1 saturated carbocycles. The summed E-state index contributed by atoms with van der Waals surface area (Å²) in [4.78, 5) is 22.3. The van der Waals surface area contributed by atoms with Crippen molar-refractivity contribution in [3.63, 3.8) is 0 Å². The van der Waals surface area contributed by atoms with Crippen molar-refractivity contribution in [1.82, 2.24) is 35.3 Å². The minimum Gasteiger partial charge on any atom is -0.384 e. The molecule has 3 atom stereocenters. The summed E-state index contributed by atoms with van der Waals surface area (Å²) in [5, 5.41) is 26.1. The number of aliphatic hydroxyl groups is 1. The van der Waals surface area contributed by atoms with E-state index in [2.05, 4.69) is 25.6 Å². The second-order valence-corrected chi connectivity index (χ2v) is 10.3. The SMILES string of the molecule is Cc1cc(Cc2cc(C)[nH]n2)nc([C@@]2(O)CC[C@H](C(=O)NCc3ccc(-n4cccn4)nc3)[C@H](C)C2)c1. The Morgan fingerprint density at radius 2 is 2.11 bits per heavy atom. The Morgan fingerprint density at radius 1 is 1.24 bits per heavy atom.